The summed E-state index contributed by atoms with van der Waals surface area (Å²) in [6.07, 6.45) is 9.17. The van der Waals surface area contributed by atoms with Crippen molar-refractivity contribution in [3.8, 4) is 0 Å². The lowest BCUT2D eigenvalue weighted by molar-refractivity contribution is 0.349. The van der Waals surface area contributed by atoms with Crippen LogP contribution in [0.4, 0.5) is 0 Å². The van der Waals surface area contributed by atoms with Crippen molar-refractivity contribution in [3.63, 3.8) is 0 Å². The van der Waals surface area contributed by atoms with E-state index in [1.807, 2.05) is 18.2 Å². The molecule has 3 rings (SSSR count). The molecule has 5 nitrogen and oxygen atoms in total. The molecular weight excluding hydrogens is 360 g/mol. The smallest absolute Gasteiger partial charge is 0.240 e. The molecule has 0 saturated heterocycles. The number of hydrogen-bond acceptors (Lipinski definition) is 4. The molecule has 0 amide bonds. The van der Waals surface area contributed by atoms with Gasteiger partial charge in [0.05, 0.1) is 11.5 Å². The van der Waals surface area contributed by atoms with Gasteiger partial charge in [-0.2, -0.15) is 0 Å². The molecule has 1 aliphatic rings. The Labute approximate surface area is 161 Å². The molecule has 1 aliphatic carbocycles. The Hall–Kier alpha value is -2.02. The van der Waals surface area contributed by atoms with Gasteiger partial charge in [0, 0.05) is 24.9 Å². The zero-order valence-electron chi connectivity index (χ0n) is 15.3. The summed E-state index contributed by atoms with van der Waals surface area (Å²) in [7, 11) is -3.56. The van der Waals surface area contributed by atoms with Gasteiger partial charge >= 0.3 is 0 Å². The fourth-order valence-electron chi connectivity index (χ4n) is 3.44. The molecule has 1 fully saturated rings. The van der Waals surface area contributed by atoms with Crippen molar-refractivity contribution in [1.82, 2.24) is 9.71 Å². The van der Waals surface area contributed by atoms with Crippen LogP contribution in [-0.2, 0) is 16.4 Å². The van der Waals surface area contributed by atoms with E-state index in [0.29, 0.717) is 18.9 Å². The molecule has 1 saturated carbocycles. The first-order valence-corrected chi connectivity index (χ1v) is 10.9. The predicted molar refractivity (Wildman–Crippen MR) is 107 cm³/mol. The van der Waals surface area contributed by atoms with Crippen molar-refractivity contribution < 1.29 is 13.5 Å². The van der Waals surface area contributed by atoms with Crippen LogP contribution in [0.25, 0.3) is 5.57 Å². The lowest BCUT2D eigenvalue weighted by Crippen LogP contribution is -2.26. The van der Waals surface area contributed by atoms with E-state index in [-0.39, 0.29) is 11.5 Å². The number of sulfonamides is 1. The molecule has 2 N–H and O–H groups in total. The number of nitrogens with one attached hydrogen (secondary N) is 1. The van der Waals surface area contributed by atoms with Crippen molar-refractivity contribution in [2.45, 2.75) is 37.0 Å². The molecule has 1 aromatic heterocycles. The third kappa shape index (κ3) is 5.48. The molecule has 0 aliphatic heterocycles. The van der Waals surface area contributed by atoms with Crippen molar-refractivity contribution in [3.05, 3.63) is 66.0 Å². The van der Waals surface area contributed by atoms with E-state index in [1.54, 1.807) is 30.5 Å². The Bertz CT molecular complexity index is 856. The normalized spacial score (nSPS) is 16.0. The van der Waals surface area contributed by atoms with Gasteiger partial charge in [0.15, 0.2) is 0 Å². The van der Waals surface area contributed by atoms with Crippen LogP contribution in [0.15, 0.2) is 59.6 Å². The lowest BCUT2D eigenvalue weighted by Gasteiger charge is -2.10. The summed E-state index contributed by atoms with van der Waals surface area (Å²) < 4.78 is 27.5. The summed E-state index contributed by atoms with van der Waals surface area (Å²) in [5.41, 5.74) is 2.59. The Kier molecular flexibility index (Phi) is 6.77. The fraction of sp³-hybridized carbons (Fsp3) is 0.381. The SMILES string of the molecule is O=S(=O)(NCCc1ccccn1)c1ccc(/C(=C\C2CCCC2)CO)cc1. The number of aliphatic hydroxyl groups excluding tert-OH is 1. The molecule has 0 radical (unpaired) electrons. The Morgan fingerprint density at radius 3 is 2.52 bits per heavy atom. The quantitative estimate of drug-likeness (QED) is 0.730. The number of hydrogen-bond donors (Lipinski definition) is 2. The Morgan fingerprint density at radius 2 is 1.89 bits per heavy atom. The first kappa shape index (κ1) is 19.7. The highest BCUT2D eigenvalue weighted by molar-refractivity contribution is 7.89. The molecule has 0 bridgehead atoms. The largest absolute Gasteiger partial charge is 0.392 e. The summed E-state index contributed by atoms with van der Waals surface area (Å²) in [6, 6.07) is 12.3. The van der Waals surface area contributed by atoms with Gasteiger partial charge < -0.3 is 5.11 Å². The molecule has 0 spiro atoms. The Balaban J connectivity index is 1.64. The fourth-order valence-corrected chi connectivity index (χ4v) is 4.47. The molecule has 6 heteroatoms. The minimum absolute atomic E-state index is 0.0368. The minimum Gasteiger partial charge on any atom is -0.392 e. The second-order valence-electron chi connectivity index (χ2n) is 6.89. The van der Waals surface area contributed by atoms with Crippen LogP contribution in [0.2, 0.25) is 0 Å². The van der Waals surface area contributed by atoms with E-state index in [4.69, 9.17) is 0 Å². The number of pyridine rings is 1. The monoisotopic (exact) mass is 386 g/mol. The summed E-state index contributed by atoms with van der Waals surface area (Å²) in [6.45, 7) is 0.259. The average Bonchev–Trinajstić information content (AvgIpc) is 3.20. The van der Waals surface area contributed by atoms with Gasteiger partial charge in [-0.05, 0) is 54.2 Å². The van der Waals surface area contributed by atoms with Gasteiger partial charge in [0.25, 0.3) is 0 Å². The van der Waals surface area contributed by atoms with E-state index < -0.39 is 10.0 Å². The highest BCUT2D eigenvalue weighted by Crippen LogP contribution is 2.29. The lowest BCUT2D eigenvalue weighted by atomic mass is 9.99. The number of nitrogens with zero attached hydrogens (tertiary/aromatic N) is 1. The zero-order valence-corrected chi connectivity index (χ0v) is 16.2. The maximum atomic E-state index is 12.5. The van der Waals surface area contributed by atoms with Crippen LogP contribution in [0.1, 0.15) is 36.9 Å². The van der Waals surface area contributed by atoms with E-state index in [0.717, 1.165) is 29.7 Å². The maximum Gasteiger partial charge on any atom is 0.240 e. The number of allylic oxidation sites excluding steroid dienone is 1. The van der Waals surface area contributed by atoms with Crippen LogP contribution in [0.5, 0.6) is 0 Å². The maximum absolute atomic E-state index is 12.5. The van der Waals surface area contributed by atoms with Crippen molar-refractivity contribution in [2.24, 2.45) is 5.92 Å². The first-order valence-electron chi connectivity index (χ1n) is 9.40. The summed E-state index contributed by atoms with van der Waals surface area (Å²) in [4.78, 5) is 4.42. The standard InChI is InChI=1S/C21H26N2O3S/c24-16-19(15-17-5-1-2-6-17)18-8-10-21(11-9-18)27(25,26)23-14-12-20-7-3-4-13-22-20/h3-4,7-11,13,15,17,23-24H,1-2,5-6,12,14,16H2/b19-15-. The molecule has 0 atom stereocenters. The molecule has 0 unspecified atom stereocenters. The van der Waals surface area contributed by atoms with Gasteiger partial charge in [-0.15, -0.1) is 0 Å². The van der Waals surface area contributed by atoms with E-state index in [1.165, 1.54) is 12.8 Å². The van der Waals surface area contributed by atoms with Crippen LogP contribution in [0, 0.1) is 5.92 Å². The van der Waals surface area contributed by atoms with Gasteiger partial charge in [-0.25, -0.2) is 13.1 Å². The highest BCUT2D eigenvalue weighted by Gasteiger charge is 2.16. The summed E-state index contributed by atoms with van der Waals surface area (Å²) in [5.74, 6) is 0.517. The summed E-state index contributed by atoms with van der Waals surface area (Å²) in [5, 5.41) is 9.69. The number of aromatic nitrogens is 1. The van der Waals surface area contributed by atoms with E-state index in [9.17, 15) is 13.5 Å². The number of rotatable bonds is 8. The van der Waals surface area contributed by atoms with E-state index >= 15 is 0 Å². The van der Waals surface area contributed by atoms with Crippen LogP contribution >= 0.6 is 0 Å². The molecule has 144 valence electrons. The second kappa shape index (κ2) is 9.26. The highest BCUT2D eigenvalue weighted by atomic mass is 32.2. The van der Waals surface area contributed by atoms with Crippen molar-refractivity contribution >= 4 is 15.6 Å². The summed E-state index contributed by atoms with van der Waals surface area (Å²) >= 11 is 0. The molecule has 27 heavy (non-hydrogen) atoms. The molecule has 1 heterocycles. The minimum atomic E-state index is -3.56. The average molecular weight is 387 g/mol. The van der Waals surface area contributed by atoms with Crippen molar-refractivity contribution in [1.29, 1.82) is 0 Å². The molecule has 2 aromatic rings. The molecule has 1 aromatic carbocycles. The topological polar surface area (TPSA) is 79.3 Å². The number of benzene rings is 1. The zero-order chi connectivity index (χ0) is 19.1. The Morgan fingerprint density at radius 1 is 1.15 bits per heavy atom. The second-order valence-corrected chi connectivity index (χ2v) is 8.65. The van der Waals surface area contributed by atoms with E-state index in [2.05, 4.69) is 15.8 Å². The third-order valence-corrected chi connectivity index (χ3v) is 6.42. The number of aliphatic hydroxyl groups is 1. The van der Waals surface area contributed by atoms with Crippen LogP contribution in [0.3, 0.4) is 0 Å². The van der Waals surface area contributed by atoms with Gasteiger partial charge in [0.1, 0.15) is 0 Å². The van der Waals surface area contributed by atoms with Gasteiger partial charge in [-0.3, -0.25) is 4.98 Å². The van der Waals surface area contributed by atoms with Crippen LogP contribution < -0.4 is 4.72 Å². The third-order valence-electron chi connectivity index (χ3n) is 4.94. The van der Waals surface area contributed by atoms with Crippen LogP contribution in [-0.4, -0.2) is 31.7 Å². The van der Waals surface area contributed by atoms with Crippen molar-refractivity contribution in [2.75, 3.05) is 13.2 Å². The predicted octanol–water partition coefficient (Wildman–Crippen LogP) is 3.17. The van der Waals surface area contributed by atoms with Gasteiger partial charge in [-0.1, -0.05) is 37.1 Å². The molecular formula is C21H26N2O3S. The first-order chi connectivity index (χ1) is 13.1. The van der Waals surface area contributed by atoms with Gasteiger partial charge in [0.2, 0.25) is 10.0 Å².